The molecule has 0 aromatic heterocycles. The van der Waals surface area contributed by atoms with Crippen LogP contribution in [-0.4, -0.2) is 10.2 Å². The van der Waals surface area contributed by atoms with Gasteiger partial charge in [-0.2, -0.15) is 0 Å². The zero-order valence-corrected chi connectivity index (χ0v) is 8.45. The number of rotatable bonds is 4. The fraction of sp³-hybridized carbons (Fsp3) is 1.00. The van der Waals surface area contributed by atoms with Crippen molar-refractivity contribution < 1.29 is 0 Å². The van der Waals surface area contributed by atoms with E-state index >= 15 is 0 Å². The molecule has 0 unspecified atom stereocenters. The smallest absolute Gasteiger partial charge is 0.0156 e. The lowest BCUT2D eigenvalue weighted by molar-refractivity contribution is 0.554. The van der Waals surface area contributed by atoms with Crippen molar-refractivity contribution in [1.29, 1.82) is 0 Å². The first-order valence-electron chi connectivity index (χ1n) is 3.91. The largest absolute Gasteiger partial charge is 0.0654 e. The van der Waals surface area contributed by atoms with Gasteiger partial charge in [-0.05, 0) is 5.04 Å². The van der Waals surface area contributed by atoms with E-state index in [0.29, 0.717) is 5.04 Å². The average Bonchev–Trinajstić information content (AvgIpc) is 1.63. The van der Waals surface area contributed by atoms with Gasteiger partial charge in [0.25, 0.3) is 0 Å². The summed E-state index contributed by atoms with van der Waals surface area (Å²) in [5.74, 6) is 0. The molecule has 0 aliphatic carbocycles. The van der Waals surface area contributed by atoms with Crippen molar-refractivity contribution in [3.63, 3.8) is 0 Å². The molecule has 0 saturated heterocycles. The van der Waals surface area contributed by atoms with E-state index in [1.165, 1.54) is 25.7 Å². The molecule has 0 saturated carbocycles. The van der Waals surface area contributed by atoms with Gasteiger partial charge in [-0.25, -0.2) is 0 Å². The van der Waals surface area contributed by atoms with E-state index in [-0.39, 0.29) is 0 Å². The summed E-state index contributed by atoms with van der Waals surface area (Å²) in [6, 6.07) is 0. The molecule has 0 fully saturated rings. The summed E-state index contributed by atoms with van der Waals surface area (Å²) < 4.78 is 0. The van der Waals surface area contributed by atoms with Crippen molar-refractivity contribution >= 4 is 10.2 Å². The standard InChI is InChI=1S/C8H19Si/c1-4-5-6-7-8(2,3)9/h4-7,9H2,1-3H3. The third kappa shape index (κ3) is 8.22. The quantitative estimate of drug-likeness (QED) is 0.419. The van der Waals surface area contributed by atoms with Gasteiger partial charge in [-0.3, -0.25) is 0 Å². The van der Waals surface area contributed by atoms with E-state index in [9.17, 15) is 0 Å². The Balaban J connectivity index is 3.07. The molecule has 0 aromatic carbocycles. The van der Waals surface area contributed by atoms with Gasteiger partial charge in [-0.15, -0.1) is 0 Å². The van der Waals surface area contributed by atoms with Crippen molar-refractivity contribution in [2.24, 2.45) is 0 Å². The van der Waals surface area contributed by atoms with Crippen molar-refractivity contribution in [2.75, 3.05) is 0 Å². The minimum Gasteiger partial charge on any atom is -0.0654 e. The molecular formula is C8H19Si. The fourth-order valence-corrected chi connectivity index (χ4v) is 1.10. The molecule has 0 nitrogen and oxygen atoms in total. The van der Waals surface area contributed by atoms with Crippen LogP contribution in [0.4, 0.5) is 0 Å². The molecule has 0 bridgehead atoms. The summed E-state index contributed by atoms with van der Waals surface area (Å²) in [6.07, 6.45) is 5.55. The molecule has 0 aromatic rings. The van der Waals surface area contributed by atoms with E-state index < -0.39 is 0 Å². The highest BCUT2D eigenvalue weighted by Crippen LogP contribution is 2.26. The van der Waals surface area contributed by atoms with Crippen LogP contribution in [0, 0.1) is 0 Å². The summed E-state index contributed by atoms with van der Waals surface area (Å²) in [7, 11) is 2.12. The molecule has 0 heterocycles. The van der Waals surface area contributed by atoms with Crippen molar-refractivity contribution in [1.82, 2.24) is 0 Å². The molecule has 0 atom stereocenters. The third-order valence-electron chi connectivity index (χ3n) is 1.46. The Morgan fingerprint density at radius 2 is 1.78 bits per heavy atom. The molecule has 9 heavy (non-hydrogen) atoms. The summed E-state index contributed by atoms with van der Waals surface area (Å²) in [5.41, 5.74) is 0. The van der Waals surface area contributed by atoms with Gasteiger partial charge in [0, 0.05) is 10.2 Å². The topological polar surface area (TPSA) is 0 Å². The minimum atomic E-state index is 0.579. The van der Waals surface area contributed by atoms with Gasteiger partial charge in [0.1, 0.15) is 0 Å². The van der Waals surface area contributed by atoms with Gasteiger partial charge in [0.2, 0.25) is 0 Å². The van der Waals surface area contributed by atoms with E-state index in [1.807, 2.05) is 0 Å². The monoisotopic (exact) mass is 143 g/mol. The highest BCUT2D eigenvalue weighted by Gasteiger charge is 2.07. The maximum Gasteiger partial charge on any atom is 0.0156 e. The predicted molar refractivity (Wildman–Crippen MR) is 46.7 cm³/mol. The Hall–Kier alpha value is 0.217. The van der Waals surface area contributed by atoms with Gasteiger partial charge in [0.05, 0.1) is 0 Å². The molecule has 0 N–H and O–H groups in total. The number of hydrogen-bond donors (Lipinski definition) is 0. The second-order valence-electron chi connectivity index (χ2n) is 3.62. The van der Waals surface area contributed by atoms with Gasteiger partial charge < -0.3 is 0 Å². The van der Waals surface area contributed by atoms with Crippen LogP contribution in [0.3, 0.4) is 0 Å². The van der Waals surface area contributed by atoms with Crippen LogP contribution in [0.15, 0.2) is 0 Å². The molecule has 1 heteroatoms. The van der Waals surface area contributed by atoms with Crippen LogP contribution in [-0.2, 0) is 0 Å². The predicted octanol–water partition coefficient (Wildman–Crippen LogP) is 2.40. The van der Waals surface area contributed by atoms with Crippen molar-refractivity contribution in [3.05, 3.63) is 0 Å². The SMILES string of the molecule is CCCCCC(C)(C)[SiH2]. The first-order valence-corrected chi connectivity index (χ1v) is 4.62. The summed E-state index contributed by atoms with van der Waals surface area (Å²) >= 11 is 0. The molecule has 0 aliphatic heterocycles. The van der Waals surface area contributed by atoms with Crippen LogP contribution >= 0.6 is 0 Å². The Bertz CT molecular complexity index is 61.5. The minimum absolute atomic E-state index is 0.579. The summed E-state index contributed by atoms with van der Waals surface area (Å²) in [4.78, 5) is 0. The number of hydrogen-bond acceptors (Lipinski definition) is 0. The maximum absolute atomic E-state index is 2.32. The molecule has 0 amide bonds. The molecular weight excluding hydrogens is 124 g/mol. The first-order chi connectivity index (χ1) is 4.06. The lowest BCUT2D eigenvalue weighted by Crippen LogP contribution is -2.00. The second-order valence-corrected chi connectivity index (χ2v) is 5.54. The highest BCUT2D eigenvalue weighted by atomic mass is 28.1. The normalized spacial score (nSPS) is 12.0. The van der Waals surface area contributed by atoms with Crippen LogP contribution in [0.2, 0.25) is 5.04 Å². The molecule has 55 valence electrons. The molecule has 0 rings (SSSR count). The van der Waals surface area contributed by atoms with Gasteiger partial charge >= 0.3 is 0 Å². The van der Waals surface area contributed by atoms with Crippen LogP contribution in [0.1, 0.15) is 46.5 Å². The molecule has 0 aliphatic rings. The zero-order valence-electron chi connectivity index (χ0n) is 7.04. The Labute approximate surface area is 62.5 Å². The van der Waals surface area contributed by atoms with E-state index in [0.717, 1.165) is 0 Å². The molecule has 0 spiro atoms. The Morgan fingerprint density at radius 3 is 2.11 bits per heavy atom. The van der Waals surface area contributed by atoms with Crippen molar-refractivity contribution in [3.8, 4) is 0 Å². The summed E-state index contributed by atoms with van der Waals surface area (Å²) in [6.45, 7) is 6.90. The average molecular weight is 143 g/mol. The van der Waals surface area contributed by atoms with E-state index in [4.69, 9.17) is 0 Å². The first kappa shape index (κ1) is 9.22. The van der Waals surface area contributed by atoms with Crippen molar-refractivity contribution in [2.45, 2.75) is 51.5 Å². The van der Waals surface area contributed by atoms with Crippen LogP contribution < -0.4 is 0 Å². The van der Waals surface area contributed by atoms with Gasteiger partial charge in [0.15, 0.2) is 0 Å². The van der Waals surface area contributed by atoms with Gasteiger partial charge in [-0.1, -0.05) is 46.5 Å². The van der Waals surface area contributed by atoms with E-state index in [2.05, 4.69) is 31.0 Å². The van der Waals surface area contributed by atoms with Crippen LogP contribution in [0.25, 0.3) is 0 Å². The Morgan fingerprint density at radius 1 is 1.22 bits per heavy atom. The number of unbranched alkanes of at least 4 members (excludes halogenated alkanes) is 2. The molecule has 1 radical (unpaired) electrons. The zero-order chi connectivity index (χ0) is 7.33. The maximum atomic E-state index is 2.32. The third-order valence-corrected chi connectivity index (χ3v) is 1.81. The van der Waals surface area contributed by atoms with Crippen LogP contribution in [0.5, 0.6) is 0 Å². The lowest BCUT2D eigenvalue weighted by atomic mass is 10.0. The Kier molecular flexibility index (Phi) is 4.20. The summed E-state index contributed by atoms with van der Waals surface area (Å²) in [5, 5.41) is 0.579. The highest BCUT2D eigenvalue weighted by molar-refractivity contribution is 6.14. The second kappa shape index (κ2) is 4.10. The lowest BCUT2D eigenvalue weighted by Gasteiger charge is -2.16. The van der Waals surface area contributed by atoms with E-state index in [1.54, 1.807) is 0 Å². The fourth-order valence-electron chi connectivity index (χ4n) is 0.854.